The lowest BCUT2D eigenvalue weighted by atomic mass is 9.94. The highest BCUT2D eigenvalue weighted by Gasteiger charge is 2.30. The van der Waals surface area contributed by atoms with Gasteiger partial charge in [-0.15, -0.1) is 0 Å². The summed E-state index contributed by atoms with van der Waals surface area (Å²) < 4.78 is 19.5. The molecule has 1 aliphatic rings. The summed E-state index contributed by atoms with van der Waals surface area (Å²) in [4.78, 5) is 18.9. The second-order valence-corrected chi connectivity index (χ2v) is 9.51. The molecule has 1 atom stereocenters. The van der Waals surface area contributed by atoms with Crippen LogP contribution in [0.2, 0.25) is 0 Å². The molecule has 0 aliphatic carbocycles. The van der Waals surface area contributed by atoms with Gasteiger partial charge in [0.2, 0.25) is 5.88 Å². The maximum atomic E-state index is 12.6. The Balaban J connectivity index is 1.94. The Morgan fingerprint density at radius 2 is 2.10 bits per heavy atom. The number of methoxy groups -OCH3 is 2. The molecule has 2 aromatic rings. The average Bonchev–Trinajstić information content (AvgIpc) is 3.07. The van der Waals surface area contributed by atoms with Crippen LogP contribution in [-0.4, -0.2) is 60.1 Å². The smallest absolute Gasteiger partial charge is 0.410 e. The molecule has 30 heavy (non-hydrogen) atoms. The number of hydrogen-bond donors (Lipinski definition) is 0. The van der Waals surface area contributed by atoms with E-state index in [0.29, 0.717) is 19.0 Å². The maximum absolute atomic E-state index is 12.6. The molecular formula is C22H32BrN3O4. The first kappa shape index (κ1) is 22.9. The van der Waals surface area contributed by atoms with Gasteiger partial charge >= 0.3 is 6.09 Å². The molecule has 0 saturated carbocycles. The molecule has 7 nitrogen and oxygen atoms in total. The fourth-order valence-electron chi connectivity index (χ4n) is 4.02. The molecule has 3 rings (SSSR count). The van der Waals surface area contributed by atoms with Gasteiger partial charge in [0, 0.05) is 56.5 Å². The Labute approximate surface area is 186 Å². The van der Waals surface area contributed by atoms with Crippen molar-refractivity contribution in [2.75, 3.05) is 33.9 Å². The van der Waals surface area contributed by atoms with E-state index in [2.05, 4.69) is 31.5 Å². The Hall–Kier alpha value is -1.80. The first-order valence-electron chi connectivity index (χ1n) is 10.4. The normalized spacial score (nSPS) is 17.4. The summed E-state index contributed by atoms with van der Waals surface area (Å²) in [6.45, 7) is 8.59. The van der Waals surface area contributed by atoms with E-state index in [0.717, 1.165) is 47.7 Å². The largest absolute Gasteiger partial charge is 0.480 e. The highest BCUT2D eigenvalue weighted by atomic mass is 79.9. The van der Waals surface area contributed by atoms with E-state index >= 15 is 0 Å². The second-order valence-electron chi connectivity index (χ2n) is 8.72. The van der Waals surface area contributed by atoms with E-state index in [1.807, 2.05) is 31.9 Å². The van der Waals surface area contributed by atoms with Crippen molar-refractivity contribution in [1.82, 2.24) is 14.5 Å². The number of ether oxygens (including phenoxy) is 3. The number of carbonyl (C=O) groups excluding carboxylic acids is 1. The van der Waals surface area contributed by atoms with Crippen LogP contribution in [0.25, 0.3) is 10.9 Å². The third-order valence-corrected chi connectivity index (χ3v) is 6.00. The number of aryl methyl sites for hydroxylation is 1. The van der Waals surface area contributed by atoms with Crippen molar-refractivity contribution in [3.05, 3.63) is 22.4 Å². The van der Waals surface area contributed by atoms with Gasteiger partial charge in [-0.2, -0.15) is 0 Å². The van der Waals surface area contributed by atoms with E-state index in [9.17, 15) is 4.79 Å². The third-order valence-electron chi connectivity index (χ3n) is 5.29. The van der Waals surface area contributed by atoms with Crippen LogP contribution in [0.15, 0.2) is 16.7 Å². The van der Waals surface area contributed by atoms with Crippen LogP contribution in [-0.2, 0) is 16.0 Å². The zero-order valence-electron chi connectivity index (χ0n) is 18.5. The minimum atomic E-state index is -0.494. The third kappa shape index (κ3) is 5.09. The molecule has 0 aromatic carbocycles. The number of aromatic nitrogens is 2. The van der Waals surface area contributed by atoms with E-state index in [-0.39, 0.29) is 12.0 Å². The quantitative estimate of drug-likeness (QED) is 0.545. The van der Waals surface area contributed by atoms with Crippen LogP contribution in [0.5, 0.6) is 5.88 Å². The first-order valence-corrected chi connectivity index (χ1v) is 11.2. The molecule has 1 fully saturated rings. The van der Waals surface area contributed by atoms with Gasteiger partial charge in [0.25, 0.3) is 0 Å². The van der Waals surface area contributed by atoms with Crippen LogP contribution in [0.1, 0.15) is 51.6 Å². The summed E-state index contributed by atoms with van der Waals surface area (Å²) in [7, 11) is 3.34. The molecule has 1 aliphatic heterocycles. The molecule has 0 unspecified atom stereocenters. The number of pyridine rings is 1. The molecule has 2 aromatic heterocycles. The molecular weight excluding hydrogens is 450 g/mol. The van der Waals surface area contributed by atoms with Crippen molar-refractivity contribution in [3.63, 3.8) is 0 Å². The SMILES string of the molecule is COCCCn1c([C@@H]2CCCN(C(=O)OC(C)(C)C)C2)cc2cnc(OC)c(Br)c21. The number of amides is 1. The molecule has 3 heterocycles. The molecule has 0 radical (unpaired) electrons. The van der Waals surface area contributed by atoms with Crippen molar-refractivity contribution in [3.8, 4) is 5.88 Å². The van der Waals surface area contributed by atoms with Gasteiger partial charge in [-0.3, -0.25) is 0 Å². The van der Waals surface area contributed by atoms with Crippen molar-refractivity contribution >= 4 is 32.9 Å². The summed E-state index contributed by atoms with van der Waals surface area (Å²) in [5.74, 6) is 0.804. The van der Waals surface area contributed by atoms with Gasteiger partial charge in [-0.1, -0.05) is 0 Å². The van der Waals surface area contributed by atoms with Gasteiger partial charge < -0.3 is 23.7 Å². The summed E-state index contributed by atoms with van der Waals surface area (Å²) in [6.07, 6.45) is 4.49. The molecule has 1 amide bonds. The van der Waals surface area contributed by atoms with Crippen LogP contribution >= 0.6 is 15.9 Å². The fraction of sp³-hybridized carbons (Fsp3) is 0.636. The van der Waals surface area contributed by atoms with Crippen LogP contribution in [0, 0.1) is 0 Å². The standard InChI is InChI=1S/C22H32BrN3O4/c1-22(2,3)30-21(27)25-9-6-8-15(14-25)17-12-16-13-24-20(29-5)18(23)19(16)26(17)10-7-11-28-4/h12-13,15H,6-11,14H2,1-5H3/t15-/m1/s1. The lowest BCUT2D eigenvalue weighted by molar-refractivity contribution is 0.0196. The number of likely N-dealkylation sites (tertiary alicyclic amines) is 1. The maximum Gasteiger partial charge on any atom is 0.410 e. The van der Waals surface area contributed by atoms with Crippen LogP contribution in [0.4, 0.5) is 4.79 Å². The molecule has 1 saturated heterocycles. The zero-order chi connectivity index (χ0) is 21.9. The van der Waals surface area contributed by atoms with Gasteiger partial charge in [0.15, 0.2) is 0 Å². The van der Waals surface area contributed by atoms with Gasteiger partial charge in [-0.05, 0) is 62.0 Å². The molecule has 0 N–H and O–H groups in total. The second kappa shape index (κ2) is 9.56. The van der Waals surface area contributed by atoms with Crippen molar-refractivity contribution in [2.45, 2.75) is 58.1 Å². The Morgan fingerprint density at radius 1 is 1.33 bits per heavy atom. The Bertz CT molecular complexity index is 891. The van der Waals surface area contributed by atoms with Gasteiger partial charge in [-0.25, -0.2) is 9.78 Å². The van der Waals surface area contributed by atoms with Crippen LogP contribution < -0.4 is 4.74 Å². The highest BCUT2D eigenvalue weighted by molar-refractivity contribution is 9.10. The minimum absolute atomic E-state index is 0.235. The summed E-state index contributed by atoms with van der Waals surface area (Å²) in [5.41, 5.74) is 1.79. The number of hydrogen-bond acceptors (Lipinski definition) is 5. The van der Waals surface area contributed by atoms with Crippen molar-refractivity contribution in [1.29, 1.82) is 0 Å². The van der Waals surface area contributed by atoms with E-state index < -0.39 is 5.60 Å². The van der Waals surface area contributed by atoms with E-state index in [1.165, 1.54) is 5.69 Å². The lowest BCUT2D eigenvalue weighted by Gasteiger charge is -2.34. The number of fused-ring (bicyclic) bond motifs is 1. The topological polar surface area (TPSA) is 65.8 Å². The molecule has 0 bridgehead atoms. The molecule has 166 valence electrons. The predicted molar refractivity (Wildman–Crippen MR) is 120 cm³/mol. The minimum Gasteiger partial charge on any atom is -0.480 e. The average molecular weight is 482 g/mol. The number of nitrogens with zero attached hydrogens (tertiary/aromatic N) is 3. The highest BCUT2D eigenvalue weighted by Crippen LogP contribution is 2.37. The predicted octanol–water partition coefficient (Wildman–Crippen LogP) is 4.96. The molecule has 8 heteroatoms. The van der Waals surface area contributed by atoms with Crippen molar-refractivity contribution in [2.24, 2.45) is 0 Å². The fourth-order valence-corrected chi connectivity index (χ4v) is 4.73. The Kier molecular flexibility index (Phi) is 7.29. The summed E-state index contributed by atoms with van der Waals surface area (Å²) in [5, 5.41) is 1.06. The van der Waals surface area contributed by atoms with Crippen molar-refractivity contribution < 1.29 is 19.0 Å². The number of rotatable bonds is 6. The van der Waals surface area contributed by atoms with Crippen LogP contribution in [0.3, 0.4) is 0 Å². The molecule has 0 spiro atoms. The van der Waals surface area contributed by atoms with E-state index in [4.69, 9.17) is 14.2 Å². The summed E-state index contributed by atoms with van der Waals surface area (Å²) >= 11 is 3.68. The summed E-state index contributed by atoms with van der Waals surface area (Å²) in [6, 6.07) is 2.20. The lowest BCUT2D eigenvalue weighted by Crippen LogP contribution is -2.42. The first-order chi connectivity index (χ1) is 14.2. The number of piperidine rings is 1. The monoisotopic (exact) mass is 481 g/mol. The van der Waals surface area contributed by atoms with Gasteiger partial charge in [0.05, 0.1) is 12.6 Å². The van der Waals surface area contributed by atoms with Gasteiger partial charge in [0.1, 0.15) is 10.1 Å². The van der Waals surface area contributed by atoms with E-state index in [1.54, 1.807) is 14.2 Å². The Morgan fingerprint density at radius 3 is 2.77 bits per heavy atom. The zero-order valence-corrected chi connectivity index (χ0v) is 20.1. The number of halogens is 1. The number of carbonyl (C=O) groups is 1.